The van der Waals surface area contributed by atoms with E-state index in [1.807, 2.05) is 0 Å². The van der Waals surface area contributed by atoms with E-state index in [-0.39, 0.29) is 34.8 Å². The second-order valence-corrected chi connectivity index (χ2v) is 10.7. The fraction of sp³-hybridized carbons (Fsp3) is 0.565. The summed E-state index contributed by atoms with van der Waals surface area (Å²) in [6.07, 6.45) is 0.230. The Bertz CT molecular complexity index is 944. The van der Waals surface area contributed by atoms with Crippen molar-refractivity contribution in [2.45, 2.75) is 46.6 Å². The third-order valence-electron chi connectivity index (χ3n) is 5.57. The minimum Gasteiger partial charge on any atom is -0.384 e. The predicted molar refractivity (Wildman–Crippen MR) is 129 cm³/mol. The molecule has 1 saturated heterocycles. The van der Waals surface area contributed by atoms with Crippen molar-refractivity contribution < 1.29 is 23.9 Å². The van der Waals surface area contributed by atoms with Crippen molar-refractivity contribution in [3.63, 3.8) is 0 Å². The number of carbonyl (C=O) groups excluding carboxylic acids is 4. The van der Waals surface area contributed by atoms with Gasteiger partial charge in [0.05, 0.1) is 24.3 Å². The van der Waals surface area contributed by atoms with Crippen LogP contribution >= 0.6 is 22.6 Å². The van der Waals surface area contributed by atoms with Gasteiger partial charge >= 0.3 is 0 Å². The number of rotatable bonds is 9. The molecule has 1 atom stereocenters. The van der Waals surface area contributed by atoms with Crippen molar-refractivity contribution in [3.05, 3.63) is 29.3 Å². The molecule has 4 amide bonds. The Kier molecular flexibility index (Phi) is 7.28. The van der Waals surface area contributed by atoms with Gasteiger partial charge in [-0.1, -0.05) is 56.4 Å². The van der Waals surface area contributed by atoms with E-state index in [0.29, 0.717) is 25.4 Å². The number of nitrogens with zero attached hydrogens (tertiary/aromatic N) is 1. The number of hydrogen-bond donors (Lipinski definition) is 2. The summed E-state index contributed by atoms with van der Waals surface area (Å²) >= 11 is 2.36. The highest BCUT2D eigenvalue weighted by atomic mass is 127. The lowest BCUT2D eigenvalue weighted by molar-refractivity contribution is -0.136. The van der Waals surface area contributed by atoms with Crippen molar-refractivity contribution in [1.82, 2.24) is 10.2 Å². The molecule has 2 N–H and O–H groups in total. The van der Waals surface area contributed by atoms with Crippen molar-refractivity contribution in [2.75, 3.05) is 29.5 Å². The van der Waals surface area contributed by atoms with Gasteiger partial charge in [0.1, 0.15) is 6.04 Å². The third-order valence-corrected chi connectivity index (χ3v) is 7.64. The first kappa shape index (κ1) is 24.6. The monoisotopic (exact) mass is 555 g/mol. The molecule has 0 radical (unpaired) electrons. The Morgan fingerprint density at radius 2 is 1.78 bits per heavy atom. The van der Waals surface area contributed by atoms with E-state index in [2.05, 4.69) is 60.9 Å². The standard InChI is InChI=1S/C23H30IN3O5/c1-22(2,10-24)12-32-13-23(3,4)11-25-15-7-5-6-14-18(15)21(31)27(20(14)30)16-8-9-17(28)26-19(16)29/h5-7,16,25H,8-13H2,1-4H3,(H,26,28,29). The first-order chi connectivity index (χ1) is 15.0. The fourth-order valence-corrected chi connectivity index (χ4v) is 3.91. The van der Waals surface area contributed by atoms with Crippen LogP contribution in [0.25, 0.3) is 0 Å². The molecule has 1 unspecified atom stereocenters. The molecule has 2 aliphatic heterocycles. The molecule has 32 heavy (non-hydrogen) atoms. The molecule has 0 aromatic heterocycles. The van der Waals surface area contributed by atoms with Crippen LogP contribution in [0.5, 0.6) is 0 Å². The molecule has 174 valence electrons. The van der Waals surface area contributed by atoms with Crippen molar-refractivity contribution in [1.29, 1.82) is 0 Å². The van der Waals surface area contributed by atoms with Gasteiger partial charge in [0.15, 0.2) is 0 Å². The van der Waals surface area contributed by atoms with Gasteiger partial charge in [-0.25, -0.2) is 0 Å². The van der Waals surface area contributed by atoms with E-state index in [4.69, 9.17) is 4.74 Å². The molecule has 0 saturated carbocycles. The summed E-state index contributed by atoms with van der Waals surface area (Å²) < 4.78 is 6.94. The summed E-state index contributed by atoms with van der Waals surface area (Å²) in [5.74, 6) is -2.03. The predicted octanol–water partition coefficient (Wildman–Crippen LogP) is 3.00. The number of halogens is 1. The van der Waals surface area contributed by atoms with Gasteiger partial charge in [-0.3, -0.25) is 29.4 Å². The van der Waals surface area contributed by atoms with Gasteiger partial charge in [-0.2, -0.15) is 0 Å². The highest BCUT2D eigenvalue weighted by Crippen LogP contribution is 2.33. The lowest BCUT2D eigenvalue weighted by Crippen LogP contribution is -2.54. The van der Waals surface area contributed by atoms with E-state index < -0.39 is 29.7 Å². The lowest BCUT2D eigenvalue weighted by Gasteiger charge is -2.29. The van der Waals surface area contributed by atoms with Crippen LogP contribution in [0.3, 0.4) is 0 Å². The maximum atomic E-state index is 13.2. The Morgan fingerprint density at radius 1 is 1.09 bits per heavy atom. The van der Waals surface area contributed by atoms with E-state index in [0.717, 1.165) is 9.33 Å². The normalized spacial score (nSPS) is 19.3. The van der Waals surface area contributed by atoms with E-state index >= 15 is 0 Å². The topological polar surface area (TPSA) is 105 Å². The number of nitrogens with one attached hydrogen (secondary N) is 2. The van der Waals surface area contributed by atoms with Gasteiger partial charge in [0.2, 0.25) is 11.8 Å². The SMILES string of the molecule is CC(C)(CI)COCC(C)(C)CNc1cccc2c1C(=O)N(C1CCC(=O)NC1=O)C2=O. The summed E-state index contributed by atoms with van der Waals surface area (Å²) in [7, 11) is 0. The number of ether oxygens (including phenoxy) is 1. The summed E-state index contributed by atoms with van der Waals surface area (Å²) in [5, 5.41) is 5.52. The Balaban J connectivity index is 1.71. The van der Waals surface area contributed by atoms with E-state index in [9.17, 15) is 19.2 Å². The Labute approximate surface area is 202 Å². The molecule has 9 heteroatoms. The number of fused-ring (bicyclic) bond motifs is 1. The molecular formula is C23H30IN3O5. The van der Waals surface area contributed by atoms with Crippen molar-refractivity contribution >= 4 is 51.9 Å². The van der Waals surface area contributed by atoms with Crippen molar-refractivity contribution in [3.8, 4) is 0 Å². The summed E-state index contributed by atoms with van der Waals surface area (Å²) in [6, 6.07) is 4.09. The number of benzene rings is 1. The van der Waals surface area contributed by atoms with Gasteiger partial charge in [0, 0.05) is 28.5 Å². The average Bonchev–Trinajstić information content (AvgIpc) is 2.97. The summed E-state index contributed by atoms with van der Waals surface area (Å²) in [6.45, 7) is 10.2. The maximum absolute atomic E-state index is 13.2. The van der Waals surface area contributed by atoms with Gasteiger partial charge in [-0.15, -0.1) is 0 Å². The zero-order chi connectivity index (χ0) is 23.7. The van der Waals surface area contributed by atoms with Crippen LogP contribution in [0.2, 0.25) is 0 Å². The number of hydrogen-bond acceptors (Lipinski definition) is 6. The Morgan fingerprint density at radius 3 is 2.44 bits per heavy atom. The van der Waals surface area contributed by atoms with Gasteiger partial charge < -0.3 is 10.1 Å². The third kappa shape index (κ3) is 5.31. The molecule has 3 rings (SSSR count). The highest BCUT2D eigenvalue weighted by Gasteiger charge is 2.45. The van der Waals surface area contributed by atoms with Gasteiger partial charge in [-0.05, 0) is 24.0 Å². The number of piperidine rings is 1. The number of carbonyl (C=O) groups is 4. The minimum atomic E-state index is -0.973. The van der Waals surface area contributed by atoms with Crippen LogP contribution in [0.4, 0.5) is 5.69 Å². The number of imide groups is 2. The first-order valence-corrected chi connectivity index (χ1v) is 12.2. The average molecular weight is 555 g/mol. The highest BCUT2D eigenvalue weighted by molar-refractivity contribution is 14.1. The fourth-order valence-electron chi connectivity index (χ4n) is 3.69. The molecule has 1 aromatic rings. The molecule has 8 nitrogen and oxygen atoms in total. The Hall–Kier alpha value is -2.01. The van der Waals surface area contributed by atoms with E-state index in [1.165, 1.54) is 0 Å². The first-order valence-electron chi connectivity index (χ1n) is 10.7. The smallest absolute Gasteiger partial charge is 0.264 e. The quantitative estimate of drug-likeness (QED) is 0.276. The van der Waals surface area contributed by atoms with Crippen LogP contribution in [0.15, 0.2) is 18.2 Å². The molecule has 0 aliphatic carbocycles. The van der Waals surface area contributed by atoms with Crippen LogP contribution in [-0.4, -0.2) is 58.8 Å². The molecular weight excluding hydrogens is 525 g/mol. The van der Waals surface area contributed by atoms with Crippen LogP contribution < -0.4 is 10.6 Å². The molecule has 0 bridgehead atoms. The molecule has 1 aromatic carbocycles. The number of anilines is 1. The molecule has 2 aliphatic rings. The van der Waals surface area contributed by atoms with Crippen LogP contribution in [-0.2, 0) is 14.3 Å². The largest absolute Gasteiger partial charge is 0.384 e. The van der Waals surface area contributed by atoms with Crippen molar-refractivity contribution in [2.24, 2.45) is 10.8 Å². The molecule has 1 fully saturated rings. The van der Waals surface area contributed by atoms with E-state index in [1.54, 1.807) is 18.2 Å². The van der Waals surface area contributed by atoms with Gasteiger partial charge in [0.25, 0.3) is 11.8 Å². The van der Waals surface area contributed by atoms with Crippen LogP contribution in [0.1, 0.15) is 61.3 Å². The zero-order valence-electron chi connectivity index (χ0n) is 18.9. The number of amides is 4. The lowest BCUT2D eigenvalue weighted by atomic mass is 9.93. The summed E-state index contributed by atoms with van der Waals surface area (Å²) in [5.41, 5.74) is 0.985. The maximum Gasteiger partial charge on any atom is 0.264 e. The second kappa shape index (κ2) is 9.46. The molecule has 2 heterocycles. The number of alkyl halides is 1. The summed E-state index contributed by atoms with van der Waals surface area (Å²) in [4.78, 5) is 50.8. The van der Waals surface area contributed by atoms with Crippen LogP contribution in [0, 0.1) is 10.8 Å². The second-order valence-electron chi connectivity index (χ2n) is 9.98. The zero-order valence-corrected chi connectivity index (χ0v) is 21.1. The molecule has 0 spiro atoms. The minimum absolute atomic E-state index is 0.0947.